The van der Waals surface area contributed by atoms with Gasteiger partial charge in [-0.1, -0.05) is 24.3 Å². The molecule has 4 atom stereocenters. The van der Waals surface area contributed by atoms with Gasteiger partial charge in [0.1, 0.15) is 23.7 Å². The number of likely N-dealkylation sites (N-methyl/N-ethyl adjacent to an activating group) is 1. The number of anilines is 1. The van der Waals surface area contributed by atoms with E-state index < -0.39 is 48.3 Å². The second-order valence-electron chi connectivity index (χ2n) is 13.7. The van der Waals surface area contributed by atoms with Crippen LogP contribution in [-0.4, -0.2) is 103 Å². The zero-order valence-corrected chi connectivity index (χ0v) is 29.2. The molecule has 0 unspecified atom stereocenters. The van der Waals surface area contributed by atoms with Crippen LogP contribution in [0.5, 0.6) is 0 Å². The quantitative estimate of drug-likeness (QED) is 0.262. The van der Waals surface area contributed by atoms with Crippen molar-refractivity contribution in [1.29, 1.82) is 0 Å². The third-order valence-electron chi connectivity index (χ3n) is 9.71. The summed E-state index contributed by atoms with van der Waals surface area (Å²) in [6.45, 7) is 2.91. The van der Waals surface area contributed by atoms with Gasteiger partial charge in [0.25, 0.3) is 12.4 Å². The lowest BCUT2D eigenvalue weighted by Gasteiger charge is -2.38. The molecule has 13 heteroatoms. The number of benzene rings is 2. The number of carboxylic acid groups (broad SMARTS) is 1. The van der Waals surface area contributed by atoms with E-state index in [0.29, 0.717) is 22.9 Å². The molecule has 3 amide bonds. The van der Waals surface area contributed by atoms with Gasteiger partial charge in [-0.2, -0.15) is 0 Å². The first-order valence-electron chi connectivity index (χ1n) is 17.4. The smallest absolute Gasteiger partial charge is 0.290 e. The van der Waals surface area contributed by atoms with Crippen LogP contribution >= 0.6 is 0 Å². The number of nitrogens with one attached hydrogen (secondary N) is 2. The van der Waals surface area contributed by atoms with Gasteiger partial charge in [0.15, 0.2) is 0 Å². The average molecular weight is 705 g/mol. The lowest BCUT2D eigenvalue weighted by Crippen LogP contribution is -2.49. The molecule has 51 heavy (non-hydrogen) atoms. The van der Waals surface area contributed by atoms with E-state index >= 15 is 0 Å². The van der Waals surface area contributed by atoms with Crippen molar-refractivity contribution in [2.75, 3.05) is 45.2 Å². The van der Waals surface area contributed by atoms with Crippen LogP contribution < -0.4 is 15.5 Å². The maximum Gasteiger partial charge on any atom is 0.290 e. The van der Waals surface area contributed by atoms with E-state index in [1.807, 2.05) is 6.92 Å². The first-order valence-corrected chi connectivity index (χ1v) is 17.4. The van der Waals surface area contributed by atoms with Gasteiger partial charge in [0, 0.05) is 36.6 Å². The van der Waals surface area contributed by atoms with Gasteiger partial charge in [0.2, 0.25) is 11.8 Å². The maximum atomic E-state index is 14.7. The number of allylic oxidation sites excluding steroid dienone is 1. The first kappa shape index (κ1) is 37.3. The molecule has 3 fully saturated rings. The van der Waals surface area contributed by atoms with Crippen LogP contribution in [0.1, 0.15) is 66.7 Å². The highest BCUT2D eigenvalue weighted by molar-refractivity contribution is 5.97. The van der Waals surface area contributed by atoms with Crippen molar-refractivity contribution >= 4 is 46.9 Å². The van der Waals surface area contributed by atoms with Crippen molar-refractivity contribution in [3.63, 3.8) is 0 Å². The summed E-state index contributed by atoms with van der Waals surface area (Å²) >= 11 is 0. The lowest BCUT2D eigenvalue weighted by molar-refractivity contribution is -0.138. The van der Waals surface area contributed by atoms with E-state index in [-0.39, 0.29) is 25.1 Å². The Morgan fingerprint density at radius 2 is 1.84 bits per heavy atom. The number of alkyl halides is 1. The molecule has 0 spiro atoms. The number of aromatic nitrogens is 1. The van der Waals surface area contributed by atoms with Crippen molar-refractivity contribution in [2.45, 2.75) is 63.3 Å². The van der Waals surface area contributed by atoms with Crippen molar-refractivity contribution in [2.24, 2.45) is 5.92 Å². The van der Waals surface area contributed by atoms with E-state index in [1.165, 1.54) is 42.0 Å². The summed E-state index contributed by atoms with van der Waals surface area (Å²) in [7, 11) is 4.23. The Morgan fingerprint density at radius 3 is 2.57 bits per heavy atom. The third-order valence-corrected chi connectivity index (χ3v) is 9.71. The van der Waals surface area contributed by atoms with Crippen molar-refractivity contribution in [3.05, 3.63) is 77.2 Å². The molecule has 3 aromatic rings. The highest BCUT2D eigenvalue weighted by Gasteiger charge is 2.40. The number of hydrogen-bond donors (Lipinski definition) is 3. The number of carbonyl (C=O) groups excluding carboxylic acids is 3. The molecule has 2 aromatic carbocycles. The largest absolute Gasteiger partial charge is 0.483 e. The van der Waals surface area contributed by atoms with Gasteiger partial charge in [-0.05, 0) is 100 Å². The minimum Gasteiger partial charge on any atom is -0.483 e. The molecule has 3 aliphatic rings. The summed E-state index contributed by atoms with van der Waals surface area (Å²) in [5.74, 6) is -1.41. The second kappa shape index (κ2) is 16.9. The number of halogens is 2. The fourth-order valence-corrected chi connectivity index (χ4v) is 6.69. The predicted molar refractivity (Wildman–Crippen MR) is 191 cm³/mol. The minimum absolute atomic E-state index is 0.0605. The SMILES string of the molecule is C[C@H](NC(=O)[C@@H]1C[C@@H](F)CN1C(=O)CNC(=O)c1ccc2cc(F)ccc2n1)c1cc(N2CCC[C@H](N(C)C)C2)ccc1/C=C/C1CC1.O=CO. The Labute approximate surface area is 296 Å². The number of fused-ring (bicyclic) bond motifs is 1. The summed E-state index contributed by atoms with van der Waals surface area (Å²) in [4.78, 5) is 58.2. The van der Waals surface area contributed by atoms with Crippen LogP contribution in [-0.2, 0) is 14.4 Å². The second-order valence-corrected chi connectivity index (χ2v) is 13.7. The molecule has 1 aliphatic carbocycles. The van der Waals surface area contributed by atoms with Gasteiger partial charge in [-0.3, -0.25) is 19.2 Å². The molecule has 3 heterocycles. The predicted octanol–water partition coefficient (Wildman–Crippen LogP) is 4.57. The number of rotatable bonds is 10. The van der Waals surface area contributed by atoms with Crippen LogP contribution in [0.2, 0.25) is 0 Å². The van der Waals surface area contributed by atoms with Gasteiger partial charge in [0.05, 0.1) is 24.6 Å². The van der Waals surface area contributed by atoms with Gasteiger partial charge < -0.3 is 30.4 Å². The summed E-state index contributed by atoms with van der Waals surface area (Å²) in [5.41, 5.74) is 3.59. The Bertz CT molecular complexity index is 1770. The molecule has 1 aromatic heterocycles. The molecular formula is C38H46F2N6O5. The number of piperidine rings is 1. The van der Waals surface area contributed by atoms with E-state index in [0.717, 1.165) is 42.7 Å². The van der Waals surface area contributed by atoms with Crippen LogP contribution in [0.4, 0.5) is 14.5 Å². The van der Waals surface area contributed by atoms with Gasteiger partial charge in [-0.25, -0.2) is 13.8 Å². The van der Waals surface area contributed by atoms with Gasteiger partial charge in [-0.15, -0.1) is 0 Å². The first-order chi connectivity index (χ1) is 24.5. The normalized spacial score (nSPS) is 20.9. The Morgan fingerprint density at radius 1 is 1.08 bits per heavy atom. The molecule has 2 aliphatic heterocycles. The number of amides is 3. The zero-order chi connectivity index (χ0) is 36.7. The summed E-state index contributed by atoms with van der Waals surface area (Å²) in [6, 6.07) is 12.5. The number of pyridine rings is 1. The number of likely N-dealkylation sites (tertiary alicyclic amines) is 1. The zero-order valence-electron chi connectivity index (χ0n) is 29.2. The van der Waals surface area contributed by atoms with E-state index in [4.69, 9.17) is 9.90 Å². The Hall–Kier alpha value is -4.91. The van der Waals surface area contributed by atoms with Crippen LogP contribution in [0, 0.1) is 11.7 Å². The fourth-order valence-electron chi connectivity index (χ4n) is 6.69. The van der Waals surface area contributed by atoms with Crippen molar-refractivity contribution in [3.8, 4) is 0 Å². The van der Waals surface area contributed by atoms with E-state index in [9.17, 15) is 23.2 Å². The highest BCUT2D eigenvalue weighted by atomic mass is 19.1. The lowest BCUT2D eigenvalue weighted by atomic mass is 9.97. The number of carbonyl (C=O) groups is 4. The molecule has 2 saturated heterocycles. The van der Waals surface area contributed by atoms with Crippen LogP contribution in [0.25, 0.3) is 17.0 Å². The average Bonchev–Trinajstić information content (AvgIpc) is 3.87. The Kier molecular flexibility index (Phi) is 12.4. The minimum atomic E-state index is -1.36. The topological polar surface area (TPSA) is 135 Å². The molecule has 3 N–H and O–H groups in total. The summed E-state index contributed by atoms with van der Waals surface area (Å²) in [5, 5.41) is 13.0. The summed E-state index contributed by atoms with van der Waals surface area (Å²) < 4.78 is 28.2. The standard InChI is InChI=1S/C37H44F2N6O3.CH2O2/c1-23(31-19-29(13-10-25(31)9-8-24-6-7-24)44-16-4-5-30(22-44)43(2)3)41-37(48)34-18-28(39)21-45(34)35(46)20-40-36(47)33-14-11-26-17-27(38)12-15-32(26)42-33;2-1-3/h8-15,17,19,23-24,28,30,34H,4-7,16,18,20-22H2,1-3H3,(H,40,47)(H,41,48);1H,(H,2,3)/b9-8+;/t23-,28+,30-,34-;/m0./s1. The van der Waals surface area contributed by atoms with Gasteiger partial charge >= 0.3 is 0 Å². The summed E-state index contributed by atoms with van der Waals surface area (Å²) in [6.07, 6.45) is 7.51. The maximum absolute atomic E-state index is 14.7. The molecular weight excluding hydrogens is 658 g/mol. The van der Waals surface area contributed by atoms with Crippen molar-refractivity contribution in [1.82, 2.24) is 25.4 Å². The van der Waals surface area contributed by atoms with Crippen LogP contribution in [0.3, 0.4) is 0 Å². The molecule has 6 rings (SSSR count). The molecule has 11 nitrogen and oxygen atoms in total. The fraction of sp³-hybridized carbons (Fsp3) is 0.447. The Balaban J connectivity index is 0.00000162. The molecule has 0 radical (unpaired) electrons. The van der Waals surface area contributed by atoms with E-state index in [2.05, 4.69) is 69.9 Å². The number of nitrogens with zero attached hydrogens (tertiary/aromatic N) is 4. The molecule has 1 saturated carbocycles. The molecule has 0 bridgehead atoms. The monoisotopic (exact) mass is 704 g/mol. The van der Waals surface area contributed by atoms with E-state index in [1.54, 1.807) is 6.07 Å². The highest BCUT2D eigenvalue weighted by Crippen LogP contribution is 2.33. The van der Waals surface area contributed by atoms with Crippen molar-refractivity contribution < 1.29 is 33.1 Å². The molecule has 272 valence electrons. The number of hydrogen-bond acceptors (Lipinski definition) is 7. The van der Waals surface area contributed by atoms with Crippen LogP contribution in [0.15, 0.2) is 54.6 Å². The third kappa shape index (κ3) is 9.66.